The maximum absolute atomic E-state index is 3.58. The summed E-state index contributed by atoms with van der Waals surface area (Å²) < 4.78 is 0. The molecule has 0 amide bonds. The Labute approximate surface area is 104 Å². The Balaban J connectivity index is 2.23. The molecule has 2 heteroatoms. The molecule has 0 saturated carbocycles. The summed E-state index contributed by atoms with van der Waals surface area (Å²) in [5.74, 6) is 0.865. The van der Waals surface area contributed by atoms with Gasteiger partial charge in [-0.05, 0) is 51.1 Å². The van der Waals surface area contributed by atoms with Crippen LogP contribution in [0.3, 0.4) is 0 Å². The van der Waals surface area contributed by atoms with Crippen molar-refractivity contribution in [1.29, 1.82) is 0 Å². The van der Waals surface area contributed by atoms with Crippen LogP contribution in [-0.2, 0) is 0 Å². The number of hydrogen-bond donors (Lipinski definition) is 0. The normalized spacial score (nSPS) is 23.6. The molecule has 0 aromatic carbocycles. The minimum Gasteiger partial charge on any atom is -0.300 e. The van der Waals surface area contributed by atoms with E-state index in [1.165, 1.54) is 56.9 Å². The summed E-state index contributed by atoms with van der Waals surface area (Å²) in [6, 6.07) is 0.866. The van der Waals surface area contributed by atoms with Crippen molar-refractivity contribution in [3.63, 3.8) is 0 Å². The summed E-state index contributed by atoms with van der Waals surface area (Å²) in [5.41, 5.74) is 0. The Morgan fingerprint density at radius 2 is 2.13 bits per heavy atom. The first-order valence-corrected chi connectivity index (χ1v) is 7.66. The van der Waals surface area contributed by atoms with Gasteiger partial charge in [0.05, 0.1) is 0 Å². The number of likely N-dealkylation sites (tertiary alicyclic amines) is 1. The molecule has 0 aromatic rings. The van der Waals surface area contributed by atoms with Gasteiger partial charge in [0.1, 0.15) is 0 Å². The van der Waals surface area contributed by atoms with Gasteiger partial charge in [-0.15, -0.1) is 0 Å². The van der Waals surface area contributed by atoms with E-state index >= 15 is 0 Å². The third-order valence-electron chi connectivity index (χ3n) is 3.42. The van der Waals surface area contributed by atoms with Crippen molar-refractivity contribution in [2.75, 3.05) is 18.4 Å². The molecule has 1 atom stereocenters. The van der Waals surface area contributed by atoms with E-state index < -0.39 is 0 Å². The maximum Gasteiger partial charge on any atom is 0.0103 e. The monoisotopic (exact) mass is 275 g/mol. The van der Waals surface area contributed by atoms with Gasteiger partial charge < -0.3 is 4.90 Å². The van der Waals surface area contributed by atoms with Crippen molar-refractivity contribution in [3.8, 4) is 0 Å². The molecule has 1 aliphatic rings. The lowest BCUT2D eigenvalue weighted by Gasteiger charge is -2.35. The highest BCUT2D eigenvalue weighted by Crippen LogP contribution is 2.21. The minimum absolute atomic E-state index is 0.865. The summed E-state index contributed by atoms with van der Waals surface area (Å²) in [6.07, 6.45) is 8.39. The third kappa shape index (κ3) is 5.35. The first kappa shape index (κ1) is 13.5. The van der Waals surface area contributed by atoms with Crippen molar-refractivity contribution in [2.45, 2.75) is 58.4 Å². The van der Waals surface area contributed by atoms with Crippen LogP contribution in [-0.4, -0.2) is 29.4 Å². The van der Waals surface area contributed by atoms with Crippen molar-refractivity contribution in [2.24, 2.45) is 5.92 Å². The average Bonchev–Trinajstić information content (AvgIpc) is 2.20. The van der Waals surface area contributed by atoms with Gasteiger partial charge in [0.15, 0.2) is 0 Å². The number of alkyl halides is 1. The van der Waals surface area contributed by atoms with E-state index in [4.69, 9.17) is 0 Å². The summed E-state index contributed by atoms with van der Waals surface area (Å²) in [7, 11) is 0. The lowest BCUT2D eigenvalue weighted by Crippen LogP contribution is -2.40. The number of halogens is 1. The van der Waals surface area contributed by atoms with Gasteiger partial charge in [-0.3, -0.25) is 0 Å². The van der Waals surface area contributed by atoms with Gasteiger partial charge in [-0.1, -0.05) is 36.2 Å². The Kier molecular flexibility index (Phi) is 6.91. The predicted molar refractivity (Wildman–Crippen MR) is 71.7 cm³/mol. The first-order chi connectivity index (χ1) is 7.24. The molecule has 1 unspecified atom stereocenters. The lowest BCUT2D eigenvalue weighted by molar-refractivity contribution is 0.141. The van der Waals surface area contributed by atoms with Crippen LogP contribution in [0.15, 0.2) is 0 Å². The molecule has 90 valence electrons. The van der Waals surface area contributed by atoms with Crippen LogP contribution in [0.1, 0.15) is 52.4 Å². The summed E-state index contributed by atoms with van der Waals surface area (Å²) in [4.78, 5) is 2.73. The SMILES string of the molecule is CC(C)CCCN1CCCCC1CCBr. The van der Waals surface area contributed by atoms with Gasteiger partial charge in [-0.25, -0.2) is 0 Å². The number of nitrogens with zero attached hydrogens (tertiary/aromatic N) is 1. The van der Waals surface area contributed by atoms with Crippen LogP contribution in [0.25, 0.3) is 0 Å². The molecule has 1 saturated heterocycles. The van der Waals surface area contributed by atoms with Crippen LogP contribution in [0.2, 0.25) is 0 Å². The second kappa shape index (κ2) is 7.67. The van der Waals surface area contributed by atoms with E-state index in [9.17, 15) is 0 Å². The quantitative estimate of drug-likeness (QED) is 0.661. The van der Waals surface area contributed by atoms with Gasteiger partial charge >= 0.3 is 0 Å². The van der Waals surface area contributed by atoms with Crippen LogP contribution in [0, 0.1) is 5.92 Å². The van der Waals surface area contributed by atoms with Crippen molar-refractivity contribution in [3.05, 3.63) is 0 Å². The van der Waals surface area contributed by atoms with Gasteiger partial charge in [0.2, 0.25) is 0 Å². The molecular weight excluding hydrogens is 250 g/mol. The molecule has 0 radical (unpaired) electrons. The molecule has 1 rings (SSSR count). The molecule has 15 heavy (non-hydrogen) atoms. The van der Waals surface area contributed by atoms with E-state index in [0.29, 0.717) is 0 Å². The zero-order valence-corrected chi connectivity index (χ0v) is 11.9. The van der Waals surface area contributed by atoms with Crippen molar-refractivity contribution >= 4 is 15.9 Å². The van der Waals surface area contributed by atoms with Gasteiger partial charge in [-0.2, -0.15) is 0 Å². The fourth-order valence-corrected chi connectivity index (χ4v) is 3.04. The Bertz CT molecular complexity index is 157. The standard InChI is InChI=1S/C13H26BrN/c1-12(2)6-5-11-15-10-4-3-7-13(15)8-9-14/h12-13H,3-11H2,1-2H3. The molecule has 0 aromatic heterocycles. The topological polar surface area (TPSA) is 3.24 Å². The number of hydrogen-bond acceptors (Lipinski definition) is 1. The van der Waals surface area contributed by atoms with Crippen LogP contribution in [0.4, 0.5) is 0 Å². The van der Waals surface area contributed by atoms with Gasteiger partial charge in [0.25, 0.3) is 0 Å². The Morgan fingerprint density at radius 1 is 1.33 bits per heavy atom. The number of rotatable bonds is 6. The molecule has 0 N–H and O–H groups in total. The zero-order chi connectivity index (χ0) is 11.1. The molecule has 1 heterocycles. The molecular formula is C13H26BrN. The molecule has 0 spiro atoms. The third-order valence-corrected chi connectivity index (χ3v) is 3.88. The first-order valence-electron chi connectivity index (χ1n) is 6.54. The van der Waals surface area contributed by atoms with Crippen molar-refractivity contribution in [1.82, 2.24) is 4.90 Å². The molecule has 1 nitrogen and oxygen atoms in total. The molecule has 1 aliphatic heterocycles. The summed E-state index contributed by atoms with van der Waals surface area (Å²) >= 11 is 3.58. The van der Waals surface area contributed by atoms with E-state index in [0.717, 1.165) is 12.0 Å². The van der Waals surface area contributed by atoms with Crippen LogP contribution < -0.4 is 0 Å². The fraction of sp³-hybridized carbons (Fsp3) is 1.00. The highest BCUT2D eigenvalue weighted by atomic mass is 79.9. The van der Waals surface area contributed by atoms with Crippen LogP contribution in [0.5, 0.6) is 0 Å². The minimum atomic E-state index is 0.865. The van der Waals surface area contributed by atoms with Crippen molar-refractivity contribution < 1.29 is 0 Å². The second-order valence-corrected chi connectivity index (χ2v) is 5.99. The molecule has 0 bridgehead atoms. The average molecular weight is 276 g/mol. The van der Waals surface area contributed by atoms with E-state index in [1.54, 1.807) is 0 Å². The Hall–Kier alpha value is 0.440. The summed E-state index contributed by atoms with van der Waals surface area (Å²) in [5, 5.41) is 1.17. The summed E-state index contributed by atoms with van der Waals surface area (Å²) in [6.45, 7) is 7.32. The Morgan fingerprint density at radius 3 is 2.80 bits per heavy atom. The second-order valence-electron chi connectivity index (χ2n) is 5.20. The van der Waals surface area contributed by atoms with E-state index in [2.05, 4.69) is 34.7 Å². The lowest BCUT2D eigenvalue weighted by atomic mass is 9.99. The largest absolute Gasteiger partial charge is 0.300 e. The predicted octanol–water partition coefficient (Wildman–Crippen LogP) is 4.06. The zero-order valence-electron chi connectivity index (χ0n) is 10.3. The smallest absolute Gasteiger partial charge is 0.0103 e. The van der Waals surface area contributed by atoms with Gasteiger partial charge in [0, 0.05) is 11.4 Å². The molecule has 1 fully saturated rings. The highest BCUT2D eigenvalue weighted by Gasteiger charge is 2.20. The maximum atomic E-state index is 3.58. The van der Waals surface area contributed by atoms with Crippen LogP contribution >= 0.6 is 15.9 Å². The van der Waals surface area contributed by atoms with E-state index in [1.807, 2.05) is 0 Å². The highest BCUT2D eigenvalue weighted by molar-refractivity contribution is 9.09. The number of piperidine rings is 1. The fourth-order valence-electron chi connectivity index (χ4n) is 2.51. The van der Waals surface area contributed by atoms with E-state index in [-0.39, 0.29) is 0 Å². The molecule has 0 aliphatic carbocycles.